The molecule has 2 aliphatic heterocycles. The fraction of sp³-hybridized carbons (Fsp3) is 0.303. The summed E-state index contributed by atoms with van der Waals surface area (Å²) < 4.78 is 2.34. The van der Waals surface area contributed by atoms with Crippen molar-refractivity contribution in [2.75, 3.05) is 18.5 Å². The highest BCUT2D eigenvalue weighted by molar-refractivity contribution is 6.03. The molecule has 2 nitrogen and oxygen atoms in total. The van der Waals surface area contributed by atoms with E-state index in [0.29, 0.717) is 0 Å². The minimum Gasteiger partial charge on any atom is -0.344 e. The minimum atomic E-state index is -0.0294. The largest absolute Gasteiger partial charge is 0.344 e. The second kappa shape index (κ2) is 9.00. The van der Waals surface area contributed by atoms with Crippen LogP contribution in [0.15, 0.2) is 103 Å². The van der Waals surface area contributed by atoms with E-state index in [1.807, 2.05) is 0 Å². The van der Waals surface area contributed by atoms with Crippen molar-refractivity contribution >= 4 is 17.1 Å². The summed E-state index contributed by atoms with van der Waals surface area (Å²) >= 11 is 0. The predicted molar refractivity (Wildman–Crippen MR) is 149 cm³/mol. The van der Waals surface area contributed by atoms with Crippen LogP contribution in [0.1, 0.15) is 50.8 Å². The molecule has 2 heteroatoms. The van der Waals surface area contributed by atoms with Crippen molar-refractivity contribution in [3.05, 3.63) is 119 Å². The summed E-state index contributed by atoms with van der Waals surface area (Å²) in [6, 6.07) is 28.5. The molecule has 2 heterocycles. The fourth-order valence-electron chi connectivity index (χ4n) is 6.00. The fourth-order valence-corrected chi connectivity index (χ4v) is 6.00. The third kappa shape index (κ3) is 4.05. The van der Waals surface area contributed by atoms with Crippen LogP contribution in [0.2, 0.25) is 0 Å². The SMILES string of the molecule is C[N+]1=C(C=CC=C2N(CCCc3ccccc3)c3ccccc3C2(C)C)C(C)(C)c2ccccc21. The molecule has 3 aromatic rings. The number of para-hydroxylation sites is 2. The van der Waals surface area contributed by atoms with E-state index < -0.39 is 0 Å². The smallest absolute Gasteiger partial charge is 0.209 e. The predicted octanol–water partition coefficient (Wildman–Crippen LogP) is 7.56. The Hall–Kier alpha value is -3.39. The molecule has 0 saturated carbocycles. The van der Waals surface area contributed by atoms with Gasteiger partial charge in [-0.2, -0.15) is 4.58 Å². The summed E-state index contributed by atoms with van der Waals surface area (Å²) in [7, 11) is 2.19. The number of fused-ring (bicyclic) bond motifs is 2. The maximum atomic E-state index is 2.55. The summed E-state index contributed by atoms with van der Waals surface area (Å²) in [4.78, 5) is 2.55. The topological polar surface area (TPSA) is 6.25 Å². The van der Waals surface area contributed by atoms with Crippen LogP contribution in [0.5, 0.6) is 0 Å². The van der Waals surface area contributed by atoms with Crippen LogP contribution in [0.3, 0.4) is 0 Å². The molecule has 5 rings (SSSR count). The number of hydrogen-bond donors (Lipinski definition) is 0. The number of benzene rings is 3. The van der Waals surface area contributed by atoms with E-state index in [0.717, 1.165) is 19.4 Å². The summed E-state index contributed by atoms with van der Waals surface area (Å²) in [5.41, 5.74) is 9.54. The second-order valence-corrected chi connectivity index (χ2v) is 10.9. The van der Waals surface area contributed by atoms with E-state index in [1.54, 1.807) is 0 Å². The molecule has 3 aromatic carbocycles. The monoisotopic (exact) mass is 461 g/mol. The van der Waals surface area contributed by atoms with Gasteiger partial charge in [0.1, 0.15) is 7.05 Å². The lowest BCUT2D eigenvalue weighted by Gasteiger charge is -2.27. The lowest BCUT2D eigenvalue weighted by molar-refractivity contribution is -0.401. The van der Waals surface area contributed by atoms with Gasteiger partial charge in [-0.05, 0) is 50.0 Å². The molecule has 0 radical (unpaired) electrons. The average Bonchev–Trinajstić information content (AvgIpc) is 3.19. The highest BCUT2D eigenvalue weighted by Gasteiger charge is 2.43. The van der Waals surface area contributed by atoms with Gasteiger partial charge < -0.3 is 4.90 Å². The maximum absolute atomic E-state index is 2.55. The molecule has 2 aliphatic rings. The second-order valence-electron chi connectivity index (χ2n) is 10.9. The molecule has 0 bridgehead atoms. The summed E-state index contributed by atoms with van der Waals surface area (Å²) in [6.45, 7) is 10.4. The molecule has 0 atom stereocenters. The van der Waals surface area contributed by atoms with Gasteiger partial charge in [0.25, 0.3) is 0 Å². The van der Waals surface area contributed by atoms with Gasteiger partial charge in [-0.3, -0.25) is 0 Å². The summed E-state index contributed by atoms with van der Waals surface area (Å²) in [5, 5.41) is 0. The number of aryl methyl sites for hydroxylation is 1. The Labute approximate surface area is 210 Å². The molecular weight excluding hydrogens is 424 g/mol. The van der Waals surface area contributed by atoms with Crippen molar-refractivity contribution < 1.29 is 4.58 Å². The van der Waals surface area contributed by atoms with Gasteiger partial charge in [-0.1, -0.05) is 86.7 Å². The van der Waals surface area contributed by atoms with E-state index in [4.69, 9.17) is 0 Å². The van der Waals surface area contributed by atoms with Gasteiger partial charge in [0.05, 0.1) is 5.41 Å². The Balaban J connectivity index is 1.44. The number of hydrogen-bond acceptors (Lipinski definition) is 1. The van der Waals surface area contributed by atoms with E-state index in [9.17, 15) is 0 Å². The maximum Gasteiger partial charge on any atom is 0.209 e. The quantitative estimate of drug-likeness (QED) is 0.343. The first-order chi connectivity index (χ1) is 16.8. The lowest BCUT2D eigenvalue weighted by atomic mass is 9.81. The third-order valence-corrected chi connectivity index (χ3v) is 7.94. The zero-order valence-corrected chi connectivity index (χ0v) is 21.8. The molecule has 0 aliphatic carbocycles. The Morgan fingerprint density at radius 1 is 0.771 bits per heavy atom. The van der Waals surface area contributed by atoms with Crippen molar-refractivity contribution in [2.24, 2.45) is 0 Å². The third-order valence-electron chi connectivity index (χ3n) is 7.94. The van der Waals surface area contributed by atoms with Crippen LogP contribution < -0.4 is 4.90 Å². The molecule has 0 aromatic heterocycles. The van der Waals surface area contributed by atoms with Crippen LogP contribution in [-0.2, 0) is 17.3 Å². The normalized spacial score (nSPS) is 19.0. The van der Waals surface area contributed by atoms with Gasteiger partial charge in [0, 0.05) is 41.1 Å². The van der Waals surface area contributed by atoms with Crippen molar-refractivity contribution in [1.29, 1.82) is 0 Å². The van der Waals surface area contributed by atoms with Crippen LogP contribution in [0, 0.1) is 0 Å². The zero-order chi connectivity index (χ0) is 24.6. The van der Waals surface area contributed by atoms with E-state index in [-0.39, 0.29) is 10.8 Å². The lowest BCUT2D eigenvalue weighted by Crippen LogP contribution is -2.28. The van der Waals surface area contributed by atoms with Gasteiger partial charge in [-0.15, -0.1) is 0 Å². The first-order valence-corrected chi connectivity index (χ1v) is 12.8. The molecule has 0 amide bonds. The van der Waals surface area contributed by atoms with Crippen molar-refractivity contribution in [2.45, 2.75) is 51.4 Å². The molecule has 0 spiro atoms. The first-order valence-electron chi connectivity index (χ1n) is 12.8. The highest BCUT2D eigenvalue weighted by atomic mass is 15.2. The number of rotatable bonds is 6. The van der Waals surface area contributed by atoms with Gasteiger partial charge >= 0.3 is 0 Å². The molecule has 35 heavy (non-hydrogen) atoms. The highest BCUT2D eigenvalue weighted by Crippen LogP contribution is 2.47. The standard InChI is InChI=1S/C33H37N2/c1-32(2)26-18-9-11-20-28(26)34(5)30(32)22-13-23-31-33(3,4)27-19-10-12-21-29(27)35(31)24-14-17-25-15-7-6-8-16-25/h6-13,15-16,18-23H,14,17,24H2,1-5H3/q+1. The van der Waals surface area contributed by atoms with Crippen molar-refractivity contribution in [3.8, 4) is 0 Å². The van der Waals surface area contributed by atoms with Crippen LogP contribution in [0.4, 0.5) is 11.4 Å². The van der Waals surface area contributed by atoms with Gasteiger partial charge in [0.2, 0.25) is 5.69 Å². The Kier molecular flexibility index (Phi) is 6.01. The number of nitrogens with zero attached hydrogens (tertiary/aromatic N) is 2. The summed E-state index contributed by atoms with van der Waals surface area (Å²) in [5.74, 6) is 0. The van der Waals surface area contributed by atoms with Crippen molar-refractivity contribution in [1.82, 2.24) is 0 Å². The van der Waals surface area contributed by atoms with E-state index >= 15 is 0 Å². The molecule has 0 fully saturated rings. The summed E-state index contributed by atoms with van der Waals surface area (Å²) in [6.07, 6.45) is 9.15. The molecule has 0 unspecified atom stereocenters. The molecule has 178 valence electrons. The Bertz CT molecular complexity index is 1320. The number of anilines is 1. The van der Waals surface area contributed by atoms with Crippen LogP contribution in [0.25, 0.3) is 0 Å². The number of allylic oxidation sites excluding steroid dienone is 4. The zero-order valence-electron chi connectivity index (χ0n) is 21.8. The molecule has 0 saturated heterocycles. The van der Waals surface area contributed by atoms with Crippen LogP contribution in [-0.4, -0.2) is 23.9 Å². The van der Waals surface area contributed by atoms with Crippen LogP contribution >= 0.6 is 0 Å². The van der Waals surface area contributed by atoms with Crippen molar-refractivity contribution in [3.63, 3.8) is 0 Å². The van der Waals surface area contributed by atoms with Gasteiger partial charge in [-0.25, -0.2) is 0 Å². The van der Waals surface area contributed by atoms with Gasteiger partial charge in [0.15, 0.2) is 5.71 Å². The Morgan fingerprint density at radius 3 is 2.17 bits per heavy atom. The molecule has 0 N–H and O–H groups in total. The first kappa shape index (κ1) is 23.4. The molecular formula is C33H37N2+. The Morgan fingerprint density at radius 2 is 1.43 bits per heavy atom. The average molecular weight is 462 g/mol. The van der Waals surface area contributed by atoms with E-state index in [2.05, 4.69) is 141 Å². The van der Waals surface area contributed by atoms with E-state index in [1.165, 1.54) is 39.5 Å². The minimum absolute atomic E-state index is 0.0100.